The maximum Gasteiger partial charge on any atom is 0.140 e. The molecule has 84 valence electrons. The molecular formula is C14H22O. The lowest BCUT2D eigenvalue weighted by atomic mass is 9.68. The van der Waals surface area contributed by atoms with Gasteiger partial charge in [-0.05, 0) is 30.1 Å². The summed E-state index contributed by atoms with van der Waals surface area (Å²) in [7, 11) is 0. The van der Waals surface area contributed by atoms with Crippen LogP contribution >= 0.6 is 0 Å². The fourth-order valence-electron chi connectivity index (χ4n) is 3.85. The van der Waals surface area contributed by atoms with Crippen LogP contribution in [0, 0.1) is 29.1 Å². The minimum absolute atomic E-state index is 0.0596. The van der Waals surface area contributed by atoms with E-state index >= 15 is 0 Å². The van der Waals surface area contributed by atoms with Crippen molar-refractivity contribution in [3.63, 3.8) is 0 Å². The van der Waals surface area contributed by atoms with Gasteiger partial charge >= 0.3 is 0 Å². The Hall–Kier alpha value is -0.590. The smallest absolute Gasteiger partial charge is 0.140 e. The lowest BCUT2D eigenvalue weighted by Gasteiger charge is -2.34. The number of Topliss-reactive ketones (excluding diaryl/α,β-unsaturated/α-hetero) is 1. The van der Waals surface area contributed by atoms with Gasteiger partial charge in [0.15, 0.2) is 0 Å². The topological polar surface area (TPSA) is 17.1 Å². The Labute approximate surface area is 92.9 Å². The molecule has 1 heteroatoms. The Morgan fingerprint density at radius 2 is 1.80 bits per heavy atom. The number of ketones is 1. The molecule has 1 spiro atoms. The summed E-state index contributed by atoms with van der Waals surface area (Å²) in [5.41, 5.74) is 1.23. The lowest BCUT2D eigenvalue weighted by molar-refractivity contribution is -0.129. The molecule has 0 bridgehead atoms. The zero-order valence-electron chi connectivity index (χ0n) is 10.3. The van der Waals surface area contributed by atoms with Crippen LogP contribution in [0.25, 0.3) is 0 Å². The number of allylic oxidation sites excluding steroid dienone is 1. The Kier molecular flexibility index (Phi) is 2.33. The molecule has 0 amide bonds. The highest BCUT2D eigenvalue weighted by atomic mass is 16.1. The fraction of sp³-hybridized carbons (Fsp3) is 0.786. The molecule has 5 atom stereocenters. The minimum Gasteiger partial charge on any atom is -0.299 e. The van der Waals surface area contributed by atoms with Gasteiger partial charge in [-0.3, -0.25) is 4.79 Å². The van der Waals surface area contributed by atoms with Gasteiger partial charge < -0.3 is 0 Å². The first-order chi connectivity index (χ1) is 6.91. The van der Waals surface area contributed by atoms with Crippen molar-refractivity contribution >= 4 is 5.78 Å². The number of hydrogen-bond acceptors (Lipinski definition) is 1. The van der Waals surface area contributed by atoms with Gasteiger partial charge in [0.05, 0.1) is 0 Å². The Balaban J connectivity index is 2.42. The third-order valence-electron chi connectivity index (χ3n) is 5.42. The van der Waals surface area contributed by atoms with Crippen LogP contribution in [-0.2, 0) is 4.79 Å². The van der Waals surface area contributed by atoms with E-state index in [9.17, 15) is 4.79 Å². The van der Waals surface area contributed by atoms with Crippen LogP contribution in [0.2, 0.25) is 0 Å². The van der Waals surface area contributed by atoms with Crippen molar-refractivity contribution in [2.45, 2.75) is 40.5 Å². The highest BCUT2D eigenvalue weighted by Crippen LogP contribution is 2.60. The fourth-order valence-corrected chi connectivity index (χ4v) is 3.85. The molecule has 0 aromatic rings. The average molecular weight is 206 g/mol. The van der Waals surface area contributed by atoms with Crippen LogP contribution in [0.5, 0.6) is 0 Å². The van der Waals surface area contributed by atoms with E-state index in [1.807, 2.05) is 0 Å². The van der Waals surface area contributed by atoms with Crippen LogP contribution in [0.15, 0.2) is 12.2 Å². The lowest BCUT2D eigenvalue weighted by Crippen LogP contribution is -2.35. The first kappa shape index (κ1) is 10.9. The van der Waals surface area contributed by atoms with E-state index in [4.69, 9.17) is 0 Å². The highest BCUT2D eigenvalue weighted by molar-refractivity contribution is 5.89. The van der Waals surface area contributed by atoms with Gasteiger partial charge in [0.2, 0.25) is 0 Å². The maximum absolute atomic E-state index is 12.3. The largest absolute Gasteiger partial charge is 0.299 e. The van der Waals surface area contributed by atoms with E-state index < -0.39 is 0 Å². The van der Waals surface area contributed by atoms with Crippen LogP contribution in [-0.4, -0.2) is 5.78 Å². The molecule has 2 unspecified atom stereocenters. The summed E-state index contributed by atoms with van der Waals surface area (Å²) in [6.07, 6.45) is 1.73. The van der Waals surface area contributed by atoms with Crippen molar-refractivity contribution in [3.05, 3.63) is 12.2 Å². The van der Waals surface area contributed by atoms with E-state index in [2.05, 4.69) is 34.3 Å². The summed E-state index contributed by atoms with van der Waals surface area (Å²) in [5.74, 6) is 2.58. The molecule has 1 nitrogen and oxygen atoms in total. The van der Waals surface area contributed by atoms with Crippen molar-refractivity contribution < 1.29 is 4.79 Å². The summed E-state index contributed by atoms with van der Waals surface area (Å²) in [4.78, 5) is 12.3. The van der Waals surface area contributed by atoms with Gasteiger partial charge in [-0.1, -0.05) is 39.8 Å². The third-order valence-corrected chi connectivity index (χ3v) is 5.42. The van der Waals surface area contributed by atoms with E-state index in [0.29, 0.717) is 29.5 Å². The molecule has 0 aliphatic heterocycles. The number of hydrogen-bond donors (Lipinski definition) is 0. The van der Waals surface area contributed by atoms with Crippen molar-refractivity contribution in [1.82, 2.24) is 0 Å². The summed E-state index contributed by atoms with van der Waals surface area (Å²) in [5, 5.41) is 0. The van der Waals surface area contributed by atoms with E-state index in [-0.39, 0.29) is 5.41 Å². The maximum atomic E-state index is 12.3. The molecule has 2 aliphatic carbocycles. The average Bonchev–Trinajstić information content (AvgIpc) is 2.53. The molecule has 0 aromatic carbocycles. The molecule has 2 fully saturated rings. The van der Waals surface area contributed by atoms with E-state index in [1.165, 1.54) is 5.57 Å². The van der Waals surface area contributed by atoms with E-state index in [1.54, 1.807) is 0 Å². The van der Waals surface area contributed by atoms with Gasteiger partial charge in [-0.25, -0.2) is 0 Å². The first-order valence-electron chi connectivity index (χ1n) is 6.12. The van der Waals surface area contributed by atoms with Crippen LogP contribution in [0.1, 0.15) is 40.5 Å². The van der Waals surface area contributed by atoms with Crippen molar-refractivity contribution in [3.8, 4) is 0 Å². The summed E-state index contributed by atoms with van der Waals surface area (Å²) < 4.78 is 0. The molecule has 0 heterocycles. The zero-order valence-corrected chi connectivity index (χ0v) is 10.3. The number of carbonyl (C=O) groups excluding carboxylic acids is 1. The predicted octanol–water partition coefficient (Wildman–Crippen LogP) is 3.45. The van der Waals surface area contributed by atoms with Gasteiger partial charge in [0.25, 0.3) is 0 Å². The van der Waals surface area contributed by atoms with Crippen molar-refractivity contribution in [1.29, 1.82) is 0 Å². The molecule has 2 rings (SSSR count). The molecule has 0 radical (unpaired) electrons. The number of rotatable bonds is 0. The molecular weight excluding hydrogens is 184 g/mol. The minimum atomic E-state index is -0.0596. The van der Waals surface area contributed by atoms with Crippen LogP contribution < -0.4 is 0 Å². The third kappa shape index (κ3) is 1.18. The zero-order chi connectivity index (χ0) is 11.4. The van der Waals surface area contributed by atoms with Gasteiger partial charge in [-0.15, -0.1) is 0 Å². The van der Waals surface area contributed by atoms with Crippen LogP contribution in [0.3, 0.4) is 0 Å². The van der Waals surface area contributed by atoms with Crippen LogP contribution in [0.4, 0.5) is 0 Å². The summed E-state index contributed by atoms with van der Waals surface area (Å²) >= 11 is 0. The van der Waals surface area contributed by atoms with Gasteiger partial charge in [0, 0.05) is 11.8 Å². The van der Waals surface area contributed by atoms with Gasteiger partial charge in [-0.2, -0.15) is 0 Å². The van der Waals surface area contributed by atoms with Crippen molar-refractivity contribution in [2.24, 2.45) is 29.1 Å². The molecule has 0 aromatic heterocycles. The molecule has 0 saturated heterocycles. The molecule has 2 aliphatic rings. The first-order valence-corrected chi connectivity index (χ1v) is 6.12. The predicted molar refractivity (Wildman–Crippen MR) is 62.5 cm³/mol. The Morgan fingerprint density at radius 1 is 1.20 bits per heavy atom. The second-order valence-electron chi connectivity index (χ2n) is 5.85. The normalized spacial score (nSPS) is 50.7. The molecule has 15 heavy (non-hydrogen) atoms. The van der Waals surface area contributed by atoms with Gasteiger partial charge in [0.1, 0.15) is 5.78 Å². The Bertz CT molecular complexity index is 317. The summed E-state index contributed by atoms with van der Waals surface area (Å²) in [6.45, 7) is 13.1. The Morgan fingerprint density at radius 3 is 2.13 bits per heavy atom. The highest BCUT2D eigenvalue weighted by Gasteiger charge is 2.58. The summed E-state index contributed by atoms with van der Waals surface area (Å²) in [6, 6.07) is 0. The molecule has 2 saturated carbocycles. The monoisotopic (exact) mass is 206 g/mol. The molecule has 0 N–H and O–H groups in total. The second-order valence-corrected chi connectivity index (χ2v) is 5.85. The number of carbonyl (C=O) groups is 1. The van der Waals surface area contributed by atoms with E-state index in [0.717, 1.165) is 12.8 Å². The second kappa shape index (κ2) is 3.20. The quantitative estimate of drug-likeness (QED) is 0.555. The van der Waals surface area contributed by atoms with Crippen molar-refractivity contribution in [2.75, 3.05) is 0 Å². The standard InChI is InChI=1S/C14H22O/c1-8-6-13(15)14(11(8)4)7-9(2)10(3)12(14)5/h8,10-12H,2,6-7H2,1,3-5H3/t8?,10-,11?,12-,14-/m0/s1. The SMILES string of the molecule is C=C1C[C@@]2(C(=O)CC(C)C2C)[C@@H](C)[C@H]1C.